The average Bonchev–Trinajstić information content (AvgIpc) is 3.79. The molecule has 4 aromatic carbocycles. The predicted molar refractivity (Wildman–Crippen MR) is 233 cm³/mol. The van der Waals surface area contributed by atoms with E-state index in [0.29, 0.717) is 28.0 Å². The Bertz CT molecular complexity index is 2510. The molecule has 2 heterocycles. The molecule has 0 N–H and O–H groups in total. The molecule has 6 rings (SSSR count). The minimum atomic E-state index is -6.18. The van der Waals surface area contributed by atoms with Crippen LogP contribution in [0.3, 0.4) is 0 Å². The third-order valence-electron chi connectivity index (χ3n) is 10.8. The van der Waals surface area contributed by atoms with Crippen molar-refractivity contribution >= 4 is 24.6 Å². The summed E-state index contributed by atoms with van der Waals surface area (Å²) in [5, 5.41) is 0. The molecule has 0 saturated heterocycles. The summed E-state index contributed by atoms with van der Waals surface area (Å²) in [6.07, 6.45) is -9.08. The van der Waals surface area contributed by atoms with Crippen LogP contribution in [0.1, 0.15) is 80.6 Å². The number of nitrogens with zero attached hydrogens (tertiary/aromatic N) is 2. The molecule has 0 saturated carbocycles. The standard InChI is InChI=1S/C49H47BF10N2O2/c1-30-9-13-32(14-10-30)38-25-40(34-17-21-36(22-18-34)44(3,4)5)61-41(38)27-43-39(33-15-11-31(2)12-16-33)26-42(35-19-23-37(24-20-35)45(6,7)8)62(43)50(63-28-46(51,52)48(55,56)57)64-29-47(53,54)49(58,59)60/h9-27H,28-29H2,1-8H3/b41-27-. The molecule has 0 spiro atoms. The van der Waals surface area contributed by atoms with Gasteiger partial charge in [0.25, 0.3) is 0 Å². The summed E-state index contributed by atoms with van der Waals surface area (Å²) < 4.78 is 151. The fourth-order valence-electron chi connectivity index (χ4n) is 6.88. The molecule has 15 heteroatoms. The molecule has 0 bridgehead atoms. The zero-order chi connectivity index (χ0) is 47.2. The Morgan fingerprint density at radius 2 is 0.953 bits per heavy atom. The van der Waals surface area contributed by atoms with Crippen LogP contribution in [0.2, 0.25) is 0 Å². The fourth-order valence-corrected chi connectivity index (χ4v) is 6.88. The van der Waals surface area contributed by atoms with Crippen LogP contribution in [0, 0.1) is 13.8 Å². The number of aliphatic imine (C=N–C) groups is 1. The van der Waals surface area contributed by atoms with Gasteiger partial charge in [-0.1, -0.05) is 150 Å². The van der Waals surface area contributed by atoms with Gasteiger partial charge in [0.05, 0.1) is 11.4 Å². The quantitative estimate of drug-likeness (QED) is 0.0924. The van der Waals surface area contributed by atoms with Gasteiger partial charge in [-0.15, -0.1) is 0 Å². The summed E-state index contributed by atoms with van der Waals surface area (Å²) in [4.78, 5) is 4.98. The molecule has 0 unspecified atom stereocenters. The first-order valence-electron chi connectivity index (χ1n) is 20.3. The molecule has 0 atom stereocenters. The van der Waals surface area contributed by atoms with Crippen molar-refractivity contribution in [2.45, 2.75) is 90.4 Å². The molecule has 1 aromatic heterocycles. The molecular formula is C49H47BF10N2O2. The Balaban J connectivity index is 1.68. The maximum absolute atomic E-state index is 14.7. The van der Waals surface area contributed by atoms with E-state index in [2.05, 4.69) is 20.8 Å². The van der Waals surface area contributed by atoms with Crippen LogP contribution in [0.15, 0.2) is 120 Å². The summed E-state index contributed by atoms with van der Waals surface area (Å²) >= 11 is 0. The van der Waals surface area contributed by atoms with Crippen molar-refractivity contribution in [3.63, 3.8) is 0 Å². The van der Waals surface area contributed by atoms with Crippen LogP contribution in [-0.2, 0) is 20.1 Å². The van der Waals surface area contributed by atoms with Gasteiger partial charge >= 0.3 is 31.5 Å². The van der Waals surface area contributed by atoms with Crippen molar-refractivity contribution in [2.75, 3.05) is 13.2 Å². The third kappa shape index (κ3) is 10.6. The second-order valence-corrected chi connectivity index (χ2v) is 18.0. The van der Waals surface area contributed by atoms with Crippen LogP contribution in [-0.4, -0.2) is 54.9 Å². The second-order valence-electron chi connectivity index (χ2n) is 18.0. The van der Waals surface area contributed by atoms with Crippen LogP contribution in [0.5, 0.6) is 0 Å². The number of alkyl halides is 10. The highest BCUT2D eigenvalue weighted by molar-refractivity contribution is 6.44. The van der Waals surface area contributed by atoms with Gasteiger partial charge < -0.3 is 13.8 Å². The van der Waals surface area contributed by atoms with Crippen molar-refractivity contribution < 1.29 is 53.2 Å². The highest BCUT2D eigenvalue weighted by atomic mass is 19.4. The number of halogens is 10. The number of hydrogen-bond acceptors (Lipinski definition) is 3. The number of aryl methyl sites for hydroxylation is 2. The Morgan fingerprint density at radius 1 is 0.547 bits per heavy atom. The van der Waals surface area contributed by atoms with Crippen molar-refractivity contribution in [3.05, 3.63) is 154 Å². The number of benzene rings is 4. The summed E-state index contributed by atoms with van der Waals surface area (Å²) in [5.41, 5.74) is 6.69. The number of rotatable bonds is 12. The monoisotopic (exact) mass is 896 g/mol. The van der Waals surface area contributed by atoms with Crippen molar-refractivity contribution in [3.8, 4) is 22.4 Å². The average molecular weight is 897 g/mol. The molecule has 64 heavy (non-hydrogen) atoms. The van der Waals surface area contributed by atoms with E-state index >= 15 is 0 Å². The molecule has 0 aliphatic carbocycles. The summed E-state index contributed by atoms with van der Waals surface area (Å²) in [5.74, 6) is -11.1. The Morgan fingerprint density at radius 3 is 1.38 bits per heavy atom. The van der Waals surface area contributed by atoms with E-state index in [1.165, 1.54) is 12.1 Å². The molecule has 1 aliphatic rings. The van der Waals surface area contributed by atoms with Gasteiger partial charge in [0, 0.05) is 28.1 Å². The van der Waals surface area contributed by atoms with Gasteiger partial charge in [-0.25, -0.2) is 4.99 Å². The lowest BCUT2D eigenvalue weighted by atomic mass is 9.86. The fraction of sp³-hybridized carbons (Fsp3) is 0.327. The first-order valence-corrected chi connectivity index (χ1v) is 20.3. The van der Waals surface area contributed by atoms with Gasteiger partial charge in [0.15, 0.2) is 0 Å². The van der Waals surface area contributed by atoms with E-state index in [4.69, 9.17) is 14.3 Å². The van der Waals surface area contributed by atoms with Crippen molar-refractivity contribution in [2.24, 2.45) is 4.99 Å². The van der Waals surface area contributed by atoms with Crippen molar-refractivity contribution in [1.82, 2.24) is 4.48 Å². The van der Waals surface area contributed by atoms with Gasteiger partial charge in [-0.3, -0.25) is 0 Å². The lowest BCUT2D eigenvalue weighted by molar-refractivity contribution is -0.295. The lowest BCUT2D eigenvalue weighted by Gasteiger charge is -2.26. The van der Waals surface area contributed by atoms with E-state index in [1.807, 2.05) is 89.2 Å². The Hall–Kier alpha value is -5.41. The van der Waals surface area contributed by atoms with Crippen LogP contribution in [0.4, 0.5) is 43.9 Å². The first-order chi connectivity index (χ1) is 29.6. The van der Waals surface area contributed by atoms with E-state index < -0.39 is 44.7 Å². The van der Waals surface area contributed by atoms with E-state index in [9.17, 15) is 43.9 Å². The zero-order valence-electron chi connectivity index (χ0n) is 36.5. The first kappa shape index (κ1) is 48.1. The highest BCUT2D eigenvalue weighted by Gasteiger charge is 2.60. The van der Waals surface area contributed by atoms with Crippen LogP contribution >= 0.6 is 0 Å². The topological polar surface area (TPSA) is 35.8 Å². The molecule has 0 radical (unpaired) electrons. The lowest BCUT2D eigenvalue weighted by Crippen LogP contribution is -2.48. The van der Waals surface area contributed by atoms with Gasteiger partial charge in [-0.2, -0.15) is 43.9 Å². The summed E-state index contributed by atoms with van der Waals surface area (Å²) in [6, 6.07) is 30.2. The smallest absolute Gasteiger partial charge is 0.385 e. The summed E-state index contributed by atoms with van der Waals surface area (Å²) in [6.45, 7) is 10.8. The second kappa shape index (κ2) is 17.5. The number of hydrogen-bond donors (Lipinski definition) is 0. The maximum Gasteiger partial charge on any atom is 0.598 e. The molecule has 338 valence electrons. The predicted octanol–water partition coefficient (Wildman–Crippen LogP) is 14.2. The number of aromatic nitrogens is 1. The highest BCUT2D eigenvalue weighted by Crippen LogP contribution is 2.42. The third-order valence-corrected chi connectivity index (χ3v) is 10.8. The SMILES string of the molecule is Cc1ccc(C2=CC(c3ccc(C(C)(C)C)cc3)=N/C2=C\c2c(-c3ccc(C)cc3)cc(-c3ccc(C(C)(C)C)cc3)n2B(OCC(F)(F)C(F)(F)F)OCC(F)(F)C(F)(F)F)cc1. The molecule has 4 nitrogen and oxygen atoms in total. The Kier molecular flexibility index (Phi) is 13.2. The summed E-state index contributed by atoms with van der Waals surface area (Å²) in [7, 11) is -2.72. The van der Waals surface area contributed by atoms with Crippen molar-refractivity contribution in [1.29, 1.82) is 0 Å². The van der Waals surface area contributed by atoms with E-state index in [0.717, 1.165) is 26.7 Å². The van der Waals surface area contributed by atoms with Gasteiger partial charge in [0.1, 0.15) is 13.2 Å². The minimum Gasteiger partial charge on any atom is -0.385 e. The maximum atomic E-state index is 14.7. The molecule has 0 amide bonds. The minimum absolute atomic E-state index is 0.0284. The Labute approximate surface area is 366 Å². The largest absolute Gasteiger partial charge is 0.598 e. The van der Waals surface area contributed by atoms with Crippen LogP contribution in [0.25, 0.3) is 34.0 Å². The van der Waals surface area contributed by atoms with E-state index in [1.54, 1.807) is 48.5 Å². The van der Waals surface area contributed by atoms with Gasteiger partial charge in [0.2, 0.25) is 0 Å². The molecule has 1 aliphatic heterocycles. The van der Waals surface area contributed by atoms with Crippen LogP contribution < -0.4 is 0 Å². The molecule has 5 aromatic rings. The normalized spacial score (nSPS) is 14.9. The molecular weight excluding hydrogens is 849 g/mol. The van der Waals surface area contributed by atoms with E-state index in [-0.39, 0.29) is 39.0 Å². The van der Waals surface area contributed by atoms with Gasteiger partial charge in [-0.05, 0) is 70.7 Å². The zero-order valence-corrected chi connectivity index (χ0v) is 36.5. The molecule has 0 fully saturated rings. The number of allylic oxidation sites excluding steroid dienone is 2.